The molecule has 4 rings (SSSR count). The second-order valence-corrected chi connectivity index (χ2v) is 8.22. The first-order valence-electron chi connectivity index (χ1n) is 7.77. The van der Waals surface area contributed by atoms with Gasteiger partial charge in [0, 0.05) is 5.54 Å². The van der Waals surface area contributed by atoms with Gasteiger partial charge in [0.25, 0.3) is 0 Å². The Morgan fingerprint density at radius 3 is 1.94 bits per heavy atom. The lowest BCUT2D eigenvalue weighted by Gasteiger charge is -2.58. The molecular formula is C16H29NO. The standard InChI is InChI=1S/C16H29NO/c1-11(18-10-15(2,3)17)16-7-12-4-13(8-16)6-14(5-12)9-16/h11-14H,4-10,17H2,1-3H3. The van der Waals surface area contributed by atoms with Crippen LogP contribution in [0, 0.1) is 23.2 Å². The summed E-state index contributed by atoms with van der Waals surface area (Å²) >= 11 is 0. The van der Waals surface area contributed by atoms with Crippen LogP contribution >= 0.6 is 0 Å². The molecule has 18 heavy (non-hydrogen) atoms. The van der Waals surface area contributed by atoms with E-state index in [1.54, 1.807) is 0 Å². The first-order chi connectivity index (χ1) is 8.36. The van der Waals surface area contributed by atoms with Crippen molar-refractivity contribution >= 4 is 0 Å². The predicted molar refractivity (Wildman–Crippen MR) is 74.3 cm³/mol. The van der Waals surface area contributed by atoms with E-state index in [-0.39, 0.29) is 5.54 Å². The summed E-state index contributed by atoms with van der Waals surface area (Å²) in [6, 6.07) is 0. The SMILES string of the molecule is CC(OCC(C)(C)N)C12CC3CC(CC(C3)C1)C2. The first kappa shape index (κ1) is 12.9. The Balaban J connectivity index is 1.67. The van der Waals surface area contributed by atoms with Crippen LogP contribution in [0.4, 0.5) is 0 Å². The van der Waals surface area contributed by atoms with Crippen LogP contribution in [0.1, 0.15) is 59.3 Å². The normalized spacial score (nSPS) is 44.3. The molecular weight excluding hydrogens is 222 g/mol. The molecule has 2 nitrogen and oxygen atoms in total. The molecule has 4 bridgehead atoms. The molecule has 0 aliphatic heterocycles. The third-order valence-electron chi connectivity index (χ3n) is 5.65. The largest absolute Gasteiger partial charge is 0.376 e. The van der Waals surface area contributed by atoms with Gasteiger partial charge in [-0.3, -0.25) is 0 Å². The molecule has 104 valence electrons. The van der Waals surface area contributed by atoms with Gasteiger partial charge in [0.1, 0.15) is 0 Å². The van der Waals surface area contributed by atoms with E-state index in [2.05, 4.69) is 20.8 Å². The summed E-state index contributed by atoms with van der Waals surface area (Å²) in [5, 5.41) is 0. The highest BCUT2D eigenvalue weighted by Crippen LogP contribution is 2.61. The van der Waals surface area contributed by atoms with Gasteiger partial charge in [-0.05, 0) is 82.5 Å². The van der Waals surface area contributed by atoms with Crippen LogP contribution in [0.5, 0.6) is 0 Å². The number of rotatable bonds is 4. The molecule has 2 heteroatoms. The lowest BCUT2D eigenvalue weighted by atomic mass is 9.48. The van der Waals surface area contributed by atoms with Crippen LogP contribution in [0.2, 0.25) is 0 Å². The van der Waals surface area contributed by atoms with Crippen LogP contribution in [0.3, 0.4) is 0 Å². The van der Waals surface area contributed by atoms with E-state index in [1.165, 1.54) is 38.5 Å². The zero-order valence-corrected chi connectivity index (χ0v) is 12.2. The maximum Gasteiger partial charge on any atom is 0.0644 e. The van der Waals surface area contributed by atoms with Gasteiger partial charge in [0.15, 0.2) is 0 Å². The molecule has 4 fully saturated rings. The summed E-state index contributed by atoms with van der Waals surface area (Å²) in [6.07, 6.45) is 9.19. The third kappa shape index (κ3) is 2.34. The average molecular weight is 251 g/mol. The molecule has 0 amide bonds. The topological polar surface area (TPSA) is 35.2 Å². The van der Waals surface area contributed by atoms with E-state index in [0.29, 0.717) is 18.1 Å². The fourth-order valence-electron chi connectivity index (χ4n) is 5.19. The molecule has 4 aliphatic rings. The molecule has 0 radical (unpaired) electrons. The molecule has 4 saturated carbocycles. The minimum absolute atomic E-state index is 0.198. The van der Waals surface area contributed by atoms with Gasteiger partial charge in [0.05, 0.1) is 12.7 Å². The van der Waals surface area contributed by atoms with Crippen molar-refractivity contribution in [2.24, 2.45) is 28.9 Å². The highest BCUT2D eigenvalue weighted by Gasteiger charge is 2.53. The minimum Gasteiger partial charge on any atom is -0.376 e. The second kappa shape index (κ2) is 4.21. The van der Waals surface area contributed by atoms with Gasteiger partial charge >= 0.3 is 0 Å². The summed E-state index contributed by atoms with van der Waals surface area (Å²) in [4.78, 5) is 0. The Labute approximate surface area is 112 Å². The van der Waals surface area contributed by atoms with Crippen molar-refractivity contribution in [1.82, 2.24) is 0 Å². The Bertz CT molecular complexity index is 282. The summed E-state index contributed by atoms with van der Waals surface area (Å²) in [5.41, 5.74) is 6.35. The fourth-order valence-corrected chi connectivity index (χ4v) is 5.19. The molecule has 4 aliphatic carbocycles. The lowest BCUT2D eigenvalue weighted by molar-refractivity contribution is -0.140. The van der Waals surface area contributed by atoms with Crippen molar-refractivity contribution in [3.63, 3.8) is 0 Å². The van der Waals surface area contributed by atoms with Crippen LogP contribution < -0.4 is 5.73 Å². The fraction of sp³-hybridized carbons (Fsp3) is 1.00. The van der Waals surface area contributed by atoms with Crippen molar-refractivity contribution in [2.75, 3.05) is 6.61 Å². The molecule has 1 atom stereocenters. The predicted octanol–water partition coefficient (Wildman–Crippen LogP) is 3.35. The third-order valence-corrected chi connectivity index (χ3v) is 5.65. The van der Waals surface area contributed by atoms with Gasteiger partial charge in [-0.2, -0.15) is 0 Å². The van der Waals surface area contributed by atoms with E-state index in [0.717, 1.165) is 17.8 Å². The van der Waals surface area contributed by atoms with Gasteiger partial charge in [-0.15, -0.1) is 0 Å². The minimum atomic E-state index is -0.198. The Hall–Kier alpha value is -0.0800. The summed E-state index contributed by atoms with van der Waals surface area (Å²) in [7, 11) is 0. The maximum atomic E-state index is 6.17. The number of hydrogen-bond acceptors (Lipinski definition) is 2. The Kier molecular flexibility index (Phi) is 3.02. The molecule has 0 aromatic heterocycles. The van der Waals surface area contributed by atoms with E-state index in [1.807, 2.05) is 0 Å². The lowest BCUT2D eigenvalue weighted by Crippen LogP contribution is -2.52. The molecule has 0 saturated heterocycles. The zero-order valence-electron chi connectivity index (χ0n) is 12.2. The van der Waals surface area contributed by atoms with E-state index >= 15 is 0 Å². The van der Waals surface area contributed by atoms with Crippen LogP contribution in [0.15, 0.2) is 0 Å². The summed E-state index contributed by atoms with van der Waals surface area (Å²) < 4.78 is 6.17. The van der Waals surface area contributed by atoms with Crippen molar-refractivity contribution in [2.45, 2.75) is 70.9 Å². The molecule has 0 aromatic carbocycles. The molecule has 0 aromatic rings. The highest BCUT2D eigenvalue weighted by atomic mass is 16.5. The number of hydrogen-bond donors (Lipinski definition) is 1. The summed E-state index contributed by atoms with van der Waals surface area (Å²) in [6.45, 7) is 7.10. The zero-order chi connectivity index (χ0) is 13.0. The molecule has 0 heterocycles. The monoisotopic (exact) mass is 251 g/mol. The van der Waals surface area contributed by atoms with Crippen molar-refractivity contribution in [3.8, 4) is 0 Å². The Morgan fingerprint density at radius 2 is 1.56 bits per heavy atom. The van der Waals surface area contributed by atoms with Crippen molar-refractivity contribution < 1.29 is 4.74 Å². The van der Waals surface area contributed by atoms with Gasteiger partial charge in [-0.1, -0.05) is 0 Å². The van der Waals surface area contributed by atoms with E-state index in [9.17, 15) is 0 Å². The van der Waals surface area contributed by atoms with Gasteiger partial charge < -0.3 is 10.5 Å². The van der Waals surface area contributed by atoms with Crippen molar-refractivity contribution in [3.05, 3.63) is 0 Å². The molecule has 1 unspecified atom stereocenters. The Morgan fingerprint density at radius 1 is 1.11 bits per heavy atom. The summed E-state index contributed by atoms with van der Waals surface area (Å²) in [5.74, 6) is 3.02. The first-order valence-corrected chi connectivity index (χ1v) is 7.77. The number of ether oxygens (including phenoxy) is 1. The average Bonchev–Trinajstić information content (AvgIpc) is 2.22. The molecule has 0 spiro atoms. The second-order valence-electron chi connectivity index (χ2n) is 8.22. The van der Waals surface area contributed by atoms with Gasteiger partial charge in [-0.25, -0.2) is 0 Å². The van der Waals surface area contributed by atoms with E-state index in [4.69, 9.17) is 10.5 Å². The van der Waals surface area contributed by atoms with Crippen LogP contribution in [-0.2, 0) is 4.74 Å². The highest BCUT2D eigenvalue weighted by molar-refractivity contribution is 5.03. The quantitative estimate of drug-likeness (QED) is 0.831. The van der Waals surface area contributed by atoms with E-state index < -0.39 is 0 Å². The van der Waals surface area contributed by atoms with Crippen LogP contribution in [0.25, 0.3) is 0 Å². The molecule has 2 N–H and O–H groups in total. The smallest absolute Gasteiger partial charge is 0.0644 e. The number of nitrogens with two attached hydrogens (primary N) is 1. The van der Waals surface area contributed by atoms with Crippen molar-refractivity contribution in [1.29, 1.82) is 0 Å². The van der Waals surface area contributed by atoms with Crippen LogP contribution in [-0.4, -0.2) is 18.2 Å². The van der Waals surface area contributed by atoms with Gasteiger partial charge in [0.2, 0.25) is 0 Å². The maximum absolute atomic E-state index is 6.17.